The first-order chi connectivity index (χ1) is 9.84. The minimum absolute atomic E-state index is 0.0335. The second kappa shape index (κ2) is 5.71. The lowest BCUT2D eigenvalue weighted by Gasteiger charge is -2.38. The summed E-state index contributed by atoms with van der Waals surface area (Å²) in [6, 6.07) is 3.56. The Morgan fingerprint density at radius 1 is 1.48 bits per heavy atom. The SMILES string of the molecule is CC1CCCC(Nc2ccc(F)cc2C(N)=O)(C(=O)O)C1. The molecule has 1 fully saturated rings. The van der Waals surface area contributed by atoms with E-state index in [2.05, 4.69) is 5.32 Å². The van der Waals surface area contributed by atoms with Crippen LogP contribution in [-0.2, 0) is 4.79 Å². The molecule has 21 heavy (non-hydrogen) atoms. The number of rotatable bonds is 4. The molecular weight excluding hydrogens is 275 g/mol. The molecule has 0 heterocycles. The van der Waals surface area contributed by atoms with Crippen LogP contribution in [0.2, 0.25) is 0 Å². The molecule has 6 heteroatoms. The van der Waals surface area contributed by atoms with Gasteiger partial charge in [0.2, 0.25) is 0 Å². The van der Waals surface area contributed by atoms with E-state index in [1.165, 1.54) is 12.1 Å². The Bertz CT molecular complexity index is 576. The number of aliphatic carboxylic acids is 1. The summed E-state index contributed by atoms with van der Waals surface area (Å²) in [4.78, 5) is 23.1. The van der Waals surface area contributed by atoms with Gasteiger partial charge >= 0.3 is 5.97 Å². The van der Waals surface area contributed by atoms with Crippen LogP contribution in [0, 0.1) is 11.7 Å². The van der Waals surface area contributed by atoms with Crippen molar-refractivity contribution >= 4 is 17.6 Å². The third-order valence-electron chi connectivity index (χ3n) is 4.03. The maximum atomic E-state index is 13.3. The van der Waals surface area contributed by atoms with Gasteiger partial charge in [0.1, 0.15) is 11.4 Å². The summed E-state index contributed by atoms with van der Waals surface area (Å²) in [7, 11) is 0. The van der Waals surface area contributed by atoms with Crippen LogP contribution in [-0.4, -0.2) is 22.5 Å². The van der Waals surface area contributed by atoms with Gasteiger partial charge in [-0.3, -0.25) is 4.79 Å². The Labute approximate surface area is 122 Å². The summed E-state index contributed by atoms with van der Waals surface area (Å²) in [6.07, 6.45) is 2.68. The van der Waals surface area contributed by atoms with E-state index in [4.69, 9.17) is 5.73 Å². The molecule has 1 saturated carbocycles. The molecule has 1 aliphatic rings. The Kier molecular flexibility index (Phi) is 4.16. The number of primary amides is 1. The summed E-state index contributed by atoms with van der Waals surface area (Å²) in [5.41, 5.74) is 4.33. The van der Waals surface area contributed by atoms with Crippen molar-refractivity contribution < 1.29 is 19.1 Å². The fourth-order valence-corrected chi connectivity index (χ4v) is 3.00. The number of amides is 1. The van der Waals surface area contributed by atoms with Crippen LogP contribution < -0.4 is 11.1 Å². The standard InChI is InChI=1S/C15H19FN2O3/c1-9-3-2-6-15(8-9,14(20)21)18-12-5-4-10(16)7-11(12)13(17)19/h4-5,7,9,18H,2-3,6,8H2,1H3,(H2,17,19)(H,20,21). The van der Waals surface area contributed by atoms with Gasteiger partial charge in [-0.15, -0.1) is 0 Å². The third-order valence-corrected chi connectivity index (χ3v) is 4.03. The highest BCUT2D eigenvalue weighted by molar-refractivity contribution is 5.99. The van der Waals surface area contributed by atoms with Crippen molar-refractivity contribution in [2.75, 3.05) is 5.32 Å². The monoisotopic (exact) mass is 294 g/mol. The summed E-state index contributed by atoms with van der Waals surface area (Å²) < 4.78 is 13.3. The normalized spacial score (nSPS) is 25.3. The first-order valence-corrected chi connectivity index (χ1v) is 6.95. The summed E-state index contributed by atoms with van der Waals surface area (Å²) in [5, 5.41) is 12.5. The van der Waals surface area contributed by atoms with Gasteiger partial charge in [-0.05, 0) is 37.0 Å². The summed E-state index contributed by atoms with van der Waals surface area (Å²) in [6.45, 7) is 2.00. The smallest absolute Gasteiger partial charge is 0.329 e. The lowest BCUT2D eigenvalue weighted by atomic mass is 9.76. The fourth-order valence-electron chi connectivity index (χ4n) is 3.00. The first-order valence-electron chi connectivity index (χ1n) is 6.95. The number of hydrogen-bond donors (Lipinski definition) is 3. The van der Waals surface area contributed by atoms with Gasteiger partial charge in [0.05, 0.1) is 5.56 Å². The maximum absolute atomic E-state index is 13.3. The van der Waals surface area contributed by atoms with Crippen molar-refractivity contribution in [1.29, 1.82) is 0 Å². The lowest BCUT2D eigenvalue weighted by molar-refractivity contribution is -0.144. The topological polar surface area (TPSA) is 92.4 Å². The zero-order valence-electron chi connectivity index (χ0n) is 11.9. The number of nitrogens with one attached hydrogen (secondary N) is 1. The third kappa shape index (κ3) is 3.15. The predicted octanol–water partition coefficient (Wildman–Crippen LogP) is 2.37. The number of carboxylic acids is 1. The van der Waals surface area contributed by atoms with Crippen molar-refractivity contribution in [2.24, 2.45) is 11.7 Å². The second-order valence-electron chi connectivity index (χ2n) is 5.77. The van der Waals surface area contributed by atoms with Crippen LogP contribution in [0.5, 0.6) is 0 Å². The minimum Gasteiger partial charge on any atom is -0.480 e. The number of anilines is 1. The van der Waals surface area contributed by atoms with Crippen LogP contribution in [0.3, 0.4) is 0 Å². The molecule has 1 aromatic carbocycles. The molecule has 4 N–H and O–H groups in total. The molecule has 2 unspecified atom stereocenters. The number of benzene rings is 1. The van der Waals surface area contributed by atoms with Crippen LogP contribution in [0.1, 0.15) is 43.0 Å². The van der Waals surface area contributed by atoms with Crippen molar-refractivity contribution in [1.82, 2.24) is 0 Å². The van der Waals surface area contributed by atoms with Gasteiger partial charge in [0.15, 0.2) is 0 Å². The van der Waals surface area contributed by atoms with E-state index in [1.54, 1.807) is 0 Å². The largest absolute Gasteiger partial charge is 0.480 e. The van der Waals surface area contributed by atoms with Gasteiger partial charge in [0, 0.05) is 5.69 Å². The van der Waals surface area contributed by atoms with Gasteiger partial charge in [-0.1, -0.05) is 19.8 Å². The summed E-state index contributed by atoms with van der Waals surface area (Å²) >= 11 is 0. The van der Waals surface area contributed by atoms with Gasteiger partial charge in [0.25, 0.3) is 5.91 Å². The van der Waals surface area contributed by atoms with E-state index in [0.717, 1.165) is 18.9 Å². The molecule has 2 atom stereocenters. The van der Waals surface area contributed by atoms with Gasteiger partial charge < -0.3 is 16.2 Å². The molecule has 0 radical (unpaired) electrons. The molecule has 0 bridgehead atoms. The number of carbonyl (C=O) groups excluding carboxylic acids is 1. The summed E-state index contributed by atoms with van der Waals surface area (Å²) in [5.74, 6) is -2.08. The quantitative estimate of drug-likeness (QED) is 0.795. The lowest BCUT2D eigenvalue weighted by Crippen LogP contribution is -2.50. The van der Waals surface area contributed by atoms with E-state index >= 15 is 0 Å². The number of halogens is 1. The fraction of sp³-hybridized carbons (Fsp3) is 0.467. The van der Waals surface area contributed by atoms with E-state index in [1.807, 2.05) is 6.92 Å². The zero-order chi connectivity index (χ0) is 15.6. The zero-order valence-corrected chi connectivity index (χ0v) is 11.9. The highest BCUT2D eigenvalue weighted by atomic mass is 19.1. The Hall–Kier alpha value is -2.11. The maximum Gasteiger partial charge on any atom is 0.329 e. The van der Waals surface area contributed by atoms with Crippen molar-refractivity contribution in [3.8, 4) is 0 Å². The molecular formula is C15H19FN2O3. The Balaban J connectivity index is 2.38. The molecule has 2 rings (SSSR count). The predicted molar refractivity (Wildman–Crippen MR) is 76.5 cm³/mol. The van der Waals surface area contributed by atoms with Gasteiger partial charge in [-0.2, -0.15) is 0 Å². The molecule has 0 aromatic heterocycles. The molecule has 5 nitrogen and oxygen atoms in total. The minimum atomic E-state index is -1.14. The van der Waals surface area contributed by atoms with Crippen molar-refractivity contribution in [3.05, 3.63) is 29.6 Å². The van der Waals surface area contributed by atoms with Crippen LogP contribution in [0.15, 0.2) is 18.2 Å². The van der Waals surface area contributed by atoms with Crippen LogP contribution in [0.25, 0.3) is 0 Å². The molecule has 0 spiro atoms. The molecule has 0 aliphatic heterocycles. The second-order valence-corrected chi connectivity index (χ2v) is 5.77. The highest BCUT2D eigenvalue weighted by Crippen LogP contribution is 2.36. The van der Waals surface area contributed by atoms with E-state index in [-0.39, 0.29) is 17.2 Å². The number of nitrogens with two attached hydrogens (primary N) is 1. The van der Waals surface area contributed by atoms with Gasteiger partial charge in [-0.25, -0.2) is 9.18 Å². The van der Waals surface area contributed by atoms with E-state index in [0.29, 0.717) is 12.8 Å². The van der Waals surface area contributed by atoms with Crippen LogP contribution >= 0.6 is 0 Å². The van der Waals surface area contributed by atoms with Crippen molar-refractivity contribution in [3.63, 3.8) is 0 Å². The highest BCUT2D eigenvalue weighted by Gasteiger charge is 2.42. The van der Waals surface area contributed by atoms with E-state index in [9.17, 15) is 19.1 Å². The first kappa shape index (κ1) is 15.3. The average molecular weight is 294 g/mol. The average Bonchev–Trinajstić information content (AvgIpc) is 2.40. The molecule has 1 aliphatic carbocycles. The van der Waals surface area contributed by atoms with E-state index < -0.39 is 23.2 Å². The number of carbonyl (C=O) groups is 2. The number of carboxylic acid groups (broad SMARTS) is 1. The molecule has 1 aromatic rings. The molecule has 114 valence electrons. The van der Waals surface area contributed by atoms with Crippen molar-refractivity contribution in [2.45, 2.75) is 38.1 Å². The van der Waals surface area contributed by atoms with Crippen LogP contribution in [0.4, 0.5) is 10.1 Å². The molecule has 0 saturated heterocycles. The number of hydrogen-bond acceptors (Lipinski definition) is 3. The molecule has 1 amide bonds. The Morgan fingerprint density at radius 3 is 2.76 bits per heavy atom. The Morgan fingerprint density at radius 2 is 2.19 bits per heavy atom.